The fourth-order valence-electron chi connectivity index (χ4n) is 2.35. The second-order valence-electron chi connectivity index (χ2n) is 6.00. The van der Waals surface area contributed by atoms with Crippen molar-refractivity contribution in [2.45, 2.75) is 40.5 Å². The van der Waals surface area contributed by atoms with Crippen molar-refractivity contribution in [1.82, 2.24) is 4.90 Å². The lowest BCUT2D eigenvalue weighted by atomic mass is 9.81. The monoisotopic (exact) mass is 169 g/mol. The van der Waals surface area contributed by atoms with Crippen LogP contribution in [0.3, 0.4) is 0 Å². The van der Waals surface area contributed by atoms with Crippen molar-refractivity contribution >= 4 is 0 Å². The summed E-state index contributed by atoms with van der Waals surface area (Å²) in [6.45, 7) is 12.0. The van der Waals surface area contributed by atoms with Gasteiger partial charge in [0, 0.05) is 13.1 Å². The average molecular weight is 169 g/mol. The van der Waals surface area contributed by atoms with Gasteiger partial charge in [-0.2, -0.15) is 0 Å². The van der Waals surface area contributed by atoms with E-state index in [1.165, 1.54) is 25.9 Å². The van der Waals surface area contributed by atoms with Gasteiger partial charge in [-0.3, -0.25) is 0 Å². The largest absolute Gasteiger partial charge is 0.305 e. The molecule has 0 saturated carbocycles. The lowest BCUT2D eigenvalue weighted by Gasteiger charge is -2.27. The van der Waals surface area contributed by atoms with Gasteiger partial charge in [0.05, 0.1) is 0 Å². The Hall–Kier alpha value is -0.0400. The first kappa shape index (κ1) is 10.0. The molecule has 0 spiro atoms. The van der Waals surface area contributed by atoms with Crippen LogP contribution in [0.5, 0.6) is 0 Å². The van der Waals surface area contributed by atoms with Gasteiger partial charge >= 0.3 is 0 Å². The minimum Gasteiger partial charge on any atom is -0.305 e. The van der Waals surface area contributed by atoms with E-state index < -0.39 is 0 Å². The van der Waals surface area contributed by atoms with E-state index in [9.17, 15) is 0 Å². The van der Waals surface area contributed by atoms with Crippen LogP contribution in [0.25, 0.3) is 0 Å². The van der Waals surface area contributed by atoms with E-state index in [0.29, 0.717) is 10.8 Å². The number of hydrogen-bond acceptors (Lipinski definition) is 1. The number of nitrogens with zero attached hydrogens (tertiary/aromatic N) is 1. The van der Waals surface area contributed by atoms with Crippen molar-refractivity contribution < 1.29 is 0 Å². The molecule has 1 saturated heterocycles. The third-order valence-electron chi connectivity index (χ3n) is 2.87. The van der Waals surface area contributed by atoms with Crippen molar-refractivity contribution in [3.63, 3.8) is 0 Å². The van der Waals surface area contributed by atoms with Crippen LogP contribution in [-0.2, 0) is 0 Å². The molecule has 0 atom stereocenters. The van der Waals surface area contributed by atoms with E-state index >= 15 is 0 Å². The van der Waals surface area contributed by atoms with Gasteiger partial charge in [0.25, 0.3) is 0 Å². The molecule has 1 fully saturated rings. The Labute approximate surface area is 77.1 Å². The molecule has 1 aliphatic heterocycles. The van der Waals surface area contributed by atoms with E-state index in [1.54, 1.807) is 0 Å². The van der Waals surface area contributed by atoms with Gasteiger partial charge < -0.3 is 4.90 Å². The molecule has 0 N–H and O–H groups in total. The molecule has 1 heterocycles. The second kappa shape index (κ2) is 3.02. The first-order valence-electron chi connectivity index (χ1n) is 4.99. The maximum Gasteiger partial charge on any atom is 0.00299 e. The highest BCUT2D eigenvalue weighted by atomic mass is 15.1. The SMILES string of the molecule is CN1CC(C)(C)CCC(C)(C)C1. The van der Waals surface area contributed by atoms with E-state index in [0.717, 1.165) is 0 Å². The van der Waals surface area contributed by atoms with Gasteiger partial charge in [-0.15, -0.1) is 0 Å². The number of hydrogen-bond donors (Lipinski definition) is 0. The summed E-state index contributed by atoms with van der Waals surface area (Å²) in [7, 11) is 2.24. The molecule has 12 heavy (non-hydrogen) atoms. The zero-order valence-electron chi connectivity index (χ0n) is 9.28. The number of rotatable bonds is 0. The van der Waals surface area contributed by atoms with Crippen molar-refractivity contribution in [3.05, 3.63) is 0 Å². The average Bonchev–Trinajstić information content (AvgIpc) is 1.87. The lowest BCUT2D eigenvalue weighted by molar-refractivity contribution is 0.203. The maximum atomic E-state index is 2.48. The molecular weight excluding hydrogens is 146 g/mol. The first-order chi connectivity index (χ1) is 5.31. The molecule has 0 radical (unpaired) electrons. The van der Waals surface area contributed by atoms with E-state index in [1.807, 2.05) is 0 Å². The van der Waals surface area contributed by atoms with Crippen molar-refractivity contribution in [3.8, 4) is 0 Å². The summed E-state index contributed by atoms with van der Waals surface area (Å²) >= 11 is 0. The standard InChI is InChI=1S/C11H23N/c1-10(2)6-7-11(3,4)9-12(5)8-10/h6-9H2,1-5H3. The van der Waals surface area contributed by atoms with Crippen LogP contribution in [0.15, 0.2) is 0 Å². The minimum absolute atomic E-state index is 0.516. The van der Waals surface area contributed by atoms with Gasteiger partial charge in [0.15, 0.2) is 0 Å². The van der Waals surface area contributed by atoms with Gasteiger partial charge in [-0.1, -0.05) is 27.7 Å². The molecule has 0 unspecified atom stereocenters. The first-order valence-corrected chi connectivity index (χ1v) is 4.99. The molecule has 1 nitrogen and oxygen atoms in total. The fourth-order valence-corrected chi connectivity index (χ4v) is 2.35. The quantitative estimate of drug-likeness (QED) is 0.539. The van der Waals surface area contributed by atoms with Crippen LogP contribution in [0.4, 0.5) is 0 Å². The molecule has 1 rings (SSSR count). The van der Waals surface area contributed by atoms with Crippen molar-refractivity contribution in [2.24, 2.45) is 10.8 Å². The lowest BCUT2D eigenvalue weighted by Crippen LogP contribution is -2.32. The van der Waals surface area contributed by atoms with Crippen LogP contribution in [0.1, 0.15) is 40.5 Å². The van der Waals surface area contributed by atoms with Crippen LogP contribution in [0, 0.1) is 10.8 Å². The fraction of sp³-hybridized carbons (Fsp3) is 1.00. The summed E-state index contributed by atoms with van der Waals surface area (Å²) < 4.78 is 0. The van der Waals surface area contributed by atoms with Gasteiger partial charge in [0.2, 0.25) is 0 Å². The van der Waals surface area contributed by atoms with Crippen LogP contribution < -0.4 is 0 Å². The Kier molecular flexibility index (Phi) is 2.53. The molecular formula is C11H23N. The highest BCUT2D eigenvalue weighted by Crippen LogP contribution is 2.35. The molecule has 72 valence electrons. The van der Waals surface area contributed by atoms with Gasteiger partial charge in [0.1, 0.15) is 0 Å². The highest BCUT2D eigenvalue weighted by Gasteiger charge is 2.31. The van der Waals surface area contributed by atoms with E-state index in [2.05, 4.69) is 39.6 Å². The molecule has 0 aromatic carbocycles. The molecule has 1 heteroatoms. The summed E-state index contributed by atoms with van der Waals surface area (Å²) in [6.07, 6.45) is 2.73. The predicted octanol–water partition coefficient (Wildman–Crippen LogP) is 2.76. The summed E-state index contributed by atoms with van der Waals surface area (Å²) in [5.41, 5.74) is 1.03. The second-order valence-corrected chi connectivity index (χ2v) is 6.00. The third-order valence-corrected chi connectivity index (χ3v) is 2.87. The molecule has 0 amide bonds. The van der Waals surface area contributed by atoms with E-state index in [-0.39, 0.29) is 0 Å². The molecule has 0 aromatic heterocycles. The third kappa shape index (κ3) is 2.78. The molecule has 0 aromatic rings. The maximum absolute atomic E-state index is 2.48. The minimum atomic E-state index is 0.516. The Balaban J connectivity index is 2.66. The van der Waals surface area contributed by atoms with Crippen molar-refractivity contribution in [1.29, 1.82) is 0 Å². The smallest absolute Gasteiger partial charge is 0.00299 e. The highest BCUT2D eigenvalue weighted by molar-refractivity contribution is 4.84. The summed E-state index contributed by atoms with van der Waals surface area (Å²) in [5.74, 6) is 0. The summed E-state index contributed by atoms with van der Waals surface area (Å²) in [4.78, 5) is 2.48. The van der Waals surface area contributed by atoms with Crippen LogP contribution in [-0.4, -0.2) is 25.0 Å². The Morgan fingerprint density at radius 1 is 0.833 bits per heavy atom. The van der Waals surface area contributed by atoms with Gasteiger partial charge in [-0.25, -0.2) is 0 Å². The Bertz CT molecular complexity index is 140. The molecule has 0 aliphatic carbocycles. The molecule has 1 aliphatic rings. The zero-order valence-corrected chi connectivity index (χ0v) is 9.28. The topological polar surface area (TPSA) is 3.24 Å². The van der Waals surface area contributed by atoms with Crippen molar-refractivity contribution in [2.75, 3.05) is 20.1 Å². The predicted molar refractivity (Wildman–Crippen MR) is 54.3 cm³/mol. The van der Waals surface area contributed by atoms with E-state index in [4.69, 9.17) is 0 Å². The van der Waals surface area contributed by atoms with Crippen LogP contribution in [0.2, 0.25) is 0 Å². The summed E-state index contributed by atoms with van der Waals surface area (Å²) in [5, 5.41) is 0. The Morgan fingerprint density at radius 2 is 1.17 bits per heavy atom. The summed E-state index contributed by atoms with van der Waals surface area (Å²) in [6, 6.07) is 0. The Morgan fingerprint density at radius 3 is 1.50 bits per heavy atom. The number of likely N-dealkylation sites (tertiary alicyclic amines) is 1. The normalized spacial score (nSPS) is 29.8. The zero-order chi connectivity index (χ0) is 9.41. The molecule has 0 bridgehead atoms. The van der Waals surface area contributed by atoms with Crippen LogP contribution >= 0.6 is 0 Å². The van der Waals surface area contributed by atoms with Gasteiger partial charge in [-0.05, 0) is 30.7 Å².